The van der Waals surface area contributed by atoms with Crippen molar-refractivity contribution < 1.29 is 22.7 Å². The Morgan fingerprint density at radius 2 is 1.96 bits per heavy atom. The Bertz CT molecular complexity index is 797. The van der Waals surface area contributed by atoms with Crippen molar-refractivity contribution in [2.24, 2.45) is 5.73 Å². The van der Waals surface area contributed by atoms with E-state index >= 15 is 0 Å². The summed E-state index contributed by atoms with van der Waals surface area (Å²) in [5, 5.41) is 0. The van der Waals surface area contributed by atoms with Gasteiger partial charge in [-0.05, 0) is 60.3 Å². The average molecular weight is 379 g/mol. The molecule has 3 rings (SSSR count). The number of carbonyl (C=O) groups is 1. The largest absolute Gasteiger partial charge is 0.445 e. The molecule has 1 aromatic carbocycles. The average Bonchev–Trinajstić information content (AvgIpc) is 3.08. The summed E-state index contributed by atoms with van der Waals surface area (Å²) < 4.78 is 44.7. The van der Waals surface area contributed by atoms with Crippen molar-refractivity contribution in [2.75, 3.05) is 6.54 Å². The van der Waals surface area contributed by atoms with Gasteiger partial charge in [0.2, 0.25) is 0 Å². The van der Waals surface area contributed by atoms with Crippen LogP contribution in [0.2, 0.25) is 0 Å². The van der Waals surface area contributed by atoms with Crippen molar-refractivity contribution in [1.29, 1.82) is 0 Å². The number of alkyl halides is 3. The maximum absolute atomic E-state index is 13.3. The van der Waals surface area contributed by atoms with Crippen LogP contribution in [-0.2, 0) is 24.1 Å². The Morgan fingerprint density at radius 1 is 1.22 bits per heavy atom. The van der Waals surface area contributed by atoms with Crippen LogP contribution < -0.4 is 5.73 Å². The van der Waals surface area contributed by atoms with Gasteiger partial charge in [0.15, 0.2) is 0 Å². The molecule has 0 spiro atoms. The number of hydrogen-bond acceptors (Lipinski definition) is 4. The minimum Gasteiger partial charge on any atom is -0.445 e. The molecule has 0 radical (unpaired) electrons. The number of halogens is 3. The molecule has 1 saturated heterocycles. The highest BCUT2D eigenvalue weighted by molar-refractivity contribution is 5.64. The van der Waals surface area contributed by atoms with Gasteiger partial charge in [-0.3, -0.25) is 9.88 Å². The molecular weight excluding hydrogens is 359 g/mol. The molecule has 2 heterocycles. The minimum atomic E-state index is -4.48. The molecule has 144 valence electrons. The van der Waals surface area contributed by atoms with E-state index in [1.54, 1.807) is 18.5 Å². The van der Waals surface area contributed by atoms with Crippen LogP contribution in [-0.4, -0.2) is 22.5 Å². The fourth-order valence-corrected chi connectivity index (χ4v) is 3.43. The van der Waals surface area contributed by atoms with E-state index in [-0.39, 0.29) is 18.2 Å². The van der Waals surface area contributed by atoms with E-state index in [9.17, 15) is 18.0 Å². The first kappa shape index (κ1) is 19.2. The third-order valence-electron chi connectivity index (χ3n) is 4.61. The third kappa shape index (κ3) is 4.97. The molecular formula is C19H20F3N3O2. The second-order valence-corrected chi connectivity index (χ2v) is 6.55. The number of pyridine rings is 1. The quantitative estimate of drug-likeness (QED) is 0.852. The number of primary amides is 1. The van der Waals surface area contributed by atoms with Gasteiger partial charge in [0, 0.05) is 25.0 Å². The molecule has 1 aromatic heterocycles. The summed E-state index contributed by atoms with van der Waals surface area (Å²) in [6, 6.07) is 7.50. The van der Waals surface area contributed by atoms with Crippen LogP contribution in [0.25, 0.3) is 0 Å². The molecule has 0 aliphatic carbocycles. The summed E-state index contributed by atoms with van der Waals surface area (Å²) in [4.78, 5) is 17.0. The summed E-state index contributed by atoms with van der Waals surface area (Å²) in [6.45, 7) is 1.15. The van der Waals surface area contributed by atoms with Crippen molar-refractivity contribution in [3.8, 4) is 0 Å². The van der Waals surface area contributed by atoms with Gasteiger partial charge in [-0.1, -0.05) is 6.07 Å². The molecule has 0 bridgehead atoms. The lowest BCUT2D eigenvalue weighted by molar-refractivity contribution is -0.137. The van der Waals surface area contributed by atoms with Crippen molar-refractivity contribution in [3.05, 3.63) is 65.0 Å². The van der Waals surface area contributed by atoms with Crippen LogP contribution in [0.5, 0.6) is 0 Å². The highest BCUT2D eigenvalue weighted by Gasteiger charge is 2.33. The number of carbonyl (C=O) groups excluding carboxylic acids is 1. The van der Waals surface area contributed by atoms with Gasteiger partial charge in [0.1, 0.15) is 6.61 Å². The van der Waals surface area contributed by atoms with Crippen LogP contribution in [0.3, 0.4) is 0 Å². The molecule has 1 atom stereocenters. The number of nitrogens with zero attached hydrogens (tertiary/aromatic N) is 2. The Kier molecular flexibility index (Phi) is 5.65. The molecule has 1 amide bonds. The van der Waals surface area contributed by atoms with Crippen LogP contribution in [0.1, 0.15) is 41.1 Å². The van der Waals surface area contributed by atoms with E-state index in [0.717, 1.165) is 31.0 Å². The number of rotatable bonds is 5. The summed E-state index contributed by atoms with van der Waals surface area (Å²) >= 11 is 0. The lowest BCUT2D eigenvalue weighted by Crippen LogP contribution is -2.23. The second kappa shape index (κ2) is 7.96. The molecule has 0 saturated carbocycles. The molecule has 5 nitrogen and oxygen atoms in total. The first-order chi connectivity index (χ1) is 12.8. The van der Waals surface area contributed by atoms with E-state index in [0.29, 0.717) is 12.1 Å². The molecule has 1 aliphatic heterocycles. The molecule has 27 heavy (non-hydrogen) atoms. The summed E-state index contributed by atoms with van der Waals surface area (Å²) in [6.07, 6.45) is -0.434. The summed E-state index contributed by atoms with van der Waals surface area (Å²) in [5.41, 5.74) is 6.08. The van der Waals surface area contributed by atoms with E-state index in [4.69, 9.17) is 5.73 Å². The standard InChI is InChI=1S/C19H20F3N3O2/c20-19(21,22)16-9-14(12-27-18(23)26)8-15(10-16)17-2-1-7-25(17)11-13-3-5-24-6-4-13/h3-6,8-10,17H,1-2,7,11-12H2,(H2,23,26). The van der Waals surface area contributed by atoms with Gasteiger partial charge in [-0.2, -0.15) is 13.2 Å². The summed E-state index contributed by atoms with van der Waals surface area (Å²) in [5.74, 6) is 0. The zero-order valence-electron chi connectivity index (χ0n) is 14.6. The lowest BCUT2D eigenvalue weighted by Gasteiger charge is -2.26. The van der Waals surface area contributed by atoms with E-state index in [1.807, 2.05) is 12.1 Å². The maximum atomic E-state index is 13.3. The predicted octanol–water partition coefficient (Wildman–Crippen LogP) is 4.03. The van der Waals surface area contributed by atoms with Crippen molar-refractivity contribution in [1.82, 2.24) is 9.88 Å². The maximum Gasteiger partial charge on any atom is 0.416 e. The van der Waals surface area contributed by atoms with Crippen LogP contribution >= 0.6 is 0 Å². The molecule has 8 heteroatoms. The number of aromatic nitrogens is 1. The van der Waals surface area contributed by atoms with E-state index < -0.39 is 17.8 Å². The first-order valence-electron chi connectivity index (χ1n) is 8.59. The Morgan fingerprint density at radius 3 is 2.63 bits per heavy atom. The lowest BCUT2D eigenvalue weighted by atomic mass is 9.98. The molecule has 2 aromatic rings. The molecule has 1 fully saturated rings. The predicted molar refractivity (Wildman–Crippen MR) is 92.4 cm³/mol. The van der Waals surface area contributed by atoms with Gasteiger partial charge in [0.25, 0.3) is 0 Å². The van der Waals surface area contributed by atoms with Crippen LogP contribution in [0, 0.1) is 0 Å². The smallest absolute Gasteiger partial charge is 0.416 e. The monoisotopic (exact) mass is 379 g/mol. The number of ether oxygens (including phenoxy) is 1. The Labute approximate surface area is 154 Å². The normalized spacial score (nSPS) is 17.8. The van der Waals surface area contributed by atoms with E-state index in [2.05, 4.69) is 14.6 Å². The SMILES string of the molecule is NC(=O)OCc1cc(C2CCCN2Cc2ccncc2)cc(C(F)(F)F)c1. The number of amides is 1. The highest BCUT2D eigenvalue weighted by atomic mass is 19.4. The summed E-state index contributed by atoms with van der Waals surface area (Å²) in [7, 11) is 0. The Balaban J connectivity index is 1.88. The molecule has 1 unspecified atom stereocenters. The fraction of sp³-hybridized carbons (Fsp3) is 0.368. The van der Waals surface area contributed by atoms with Gasteiger partial charge < -0.3 is 10.5 Å². The van der Waals surface area contributed by atoms with Gasteiger partial charge in [0.05, 0.1) is 5.56 Å². The van der Waals surface area contributed by atoms with Crippen LogP contribution in [0.15, 0.2) is 42.7 Å². The zero-order valence-corrected chi connectivity index (χ0v) is 14.6. The van der Waals surface area contributed by atoms with Gasteiger partial charge in [-0.15, -0.1) is 0 Å². The zero-order chi connectivity index (χ0) is 19.4. The third-order valence-corrected chi connectivity index (χ3v) is 4.61. The van der Waals surface area contributed by atoms with Crippen molar-refractivity contribution in [3.63, 3.8) is 0 Å². The fourth-order valence-electron chi connectivity index (χ4n) is 3.43. The topological polar surface area (TPSA) is 68.5 Å². The number of likely N-dealkylation sites (tertiary alicyclic amines) is 1. The van der Waals surface area contributed by atoms with Crippen LogP contribution in [0.4, 0.5) is 18.0 Å². The molecule has 1 aliphatic rings. The van der Waals surface area contributed by atoms with Gasteiger partial charge >= 0.3 is 12.3 Å². The Hall–Kier alpha value is -2.61. The first-order valence-corrected chi connectivity index (χ1v) is 8.59. The van der Waals surface area contributed by atoms with Crippen molar-refractivity contribution >= 4 is 6.09 Å². The van der Waals surface area contributed by atoms with Crippen molar-refractivity contribution in [2.45, 2.75) is 38.2 Å². The highest BCUT2D eigenvalue weighted by Crippen LogP contribution is 2.37. The number of benzene rings is 1. The second-order valence-electron chi connectivity index (χ2n) is 6.55. The minimum absolute atomic E-state index is 0.132. The number of nitrogens with two attached hydrogens (primary N) is 1. The number of hydrogen-bond donors (Lipinski definition) is 1. The molecule has 2 N–H and O–H groups in total. The van der Waals surface area contributed by atoms with E-state index in [1.165, 1.54) is 6.07 Å². The van der Waals surface area contributed by atoms with Gasteiger partial charge in [-0.25, -0.2) is 4.79 Å².